The number of rotatable bonds is 8. The number of aliphatic hydroxyl groups is 1. The molecular formula is C16H23N5OS. The summed E-state index contributed by atoms with van der Waals surface area (Å²) in [7, 11) is 0. The largest absolute Gasteiger partial charge is 0.396 e. The first-order valence-corrected chi connectivity index (χ1v) is 9.18. The smallest absolute Gasteiger partial charge is 0.223 e. The third-order valence-corrected chi connectivity index (χ3v) is 5.09. The summed E-state index contributed by atoms with van der Waals surface area (Å²) in [4.78, 5) is 13.3. The van der Waals surface area contributed by atoms with Crippen LogP contribution in [0.25, 0.3) is 11.2 Å². The van der Waals surface area contributed by atoms with Crippen LogP contribution in [0.2, 0.25) is 0 Å². The standard InChI is InChI=1S/C16H23N5OS/c17-16-19-14-13(18-11-21(14)12-7-3-4-8-12)15(20-16)23-10-6-2-1-5-9-22/h3,7,11-12,22H,1-2,4-6,8-10H2,(H2,17,19,20). The number of fused-ring (bicyclic) bond motifs is 1. The minimum absolute atomic E-state index is 0.281. The predicted octanol–water partition coefficient (Wildman–Crippen LogP) is 2.94. The number of unbranched alkanes of at least 4 members (excludes halogenated alkanes) is 3. The Labute approximate surface area is 140 Å². The van der Waals surface area contributed by atoms with Crippen molar-refractivity contribution in [1.29, 1.82) is 0 Å². The highest BCUT2D eigenvalue weighted by Crippen LogP contribution is 2.30. The van der Waals surface area contributed by atoms with Gasteiger partial charge in [0.25, 0.3) is 0 Å². The van der Waals surface area contributed by atoms with E-state index in [2.05, 4.69) is 31.7 Å². The molecule has 3 N–H and O–H groups in total. The molecule has 124 valence electrons. The van der Waals surface area contributed by atoms with E-state index in [1.54, 1.807) is 11.8 Å². The summed E-state index contributed by atoms with van der Waals surface area (Å²) in [6, 6.07) is 0.325. The summed E-state index contributed by atoms with van der Waals surface area (Å²) in [5.41, 5.74) is 7.58. The molecule has 2 aromatic rings. The number of nitrogen functional groups attached to an aromatic ring is 1. The average Bonchev–Trinajstić information content (AvgIpc) is 3.19. The van der Waals surface area contributed by atoms with Crippen molar-refractivity contribution >= 4 is 28.9 Å². The maximum absolute atomic E-state index is 8.79. The zero-order chi connectivity index (χ0) is 16.1. The highest BCUT2D eigenvalue weighted by Gasteiger charge is 2.18. The zero-order valence-corrected chi connectivity index (χ0v) is 14.0. The van der Waals surface area contributed by atoms with Crippen LogP contribution in [-0.2, 0) is 0 Å². The second-order valence-corrected chi connectivity index (χ2v) is 6.85. The van der Waals surface area contributed by atoms with Gasteiger partial charge in [-0.05, 0) is 31.4 Å². The summed E-state index contributed by atoms with van der Waals surface area (Å²) in [5, 5.41) is 9.66. The number of aromatic nitrogens is 4. The average molecular weight is 333 g/mol. The number of allylic oxidation sites excluding steroid dienone is 2. The van der Waals surface area contributed by atoms with Crippen LogP contribution < -0.4 is 5.73 Å². The molecule has 6 nitrogen and oxygen atoms in total. The van der Waals surface area contributed by atoms with Gasteiger partial charge >= 0.3 is 0 Å². The van der Waals surface area contributed by atoms with Crippen molar-refractivity contribution in [3.05, 3.63) is 18.5 Å². The van der Waals surface area contributed by atoms with Gasteiger partial charge in [-0.15, -0.1) is 11.8 Å². The number of nitrogens with zero attached hydrogens (tertiary/aromatic N) is 4. The van der Waals surface area contributed by atoms with Crippen LogP contribution in [0.15, 0.2) is 23.5 Å². The molecule has 0 amide bonds. The maximum atomic E-state index is 8.79. The van der Waals surface area contributed by atoms with Gasteiger partial charge in [-0.1, -0.05) is 25.0 Å². The van der Waals surface area contributed by atoms with E-state index < -0.39 is 0 Å². The van der Waals surface area contributed by atoms with E-state index >= 15 is 0 Å². The van der Waals surface area contributed by atoms with Crippen LogP contribution >= 0.6 is 11.8 Å². The highest BCUT2D eigenvalue weighted by atomic mass is 32.2. The first kappa shape index (κ1) is 16.3. The fourth-order valence-electron chi connectivity index (χ4n) is 2.83. The van der Waals surface area contributed by atoms with Crippen molar-refractivity contribution in [3.8, 4) is 0 Å². The summed E-state index contributed by atoms with van der Waals surface area (Å²) >= 11 is 1.69. The number of thioether (sulfide) groups is 1. The van der Waals surface area contributed by atoms with Gasteiger partial charge in [-0.25, -0.2) is 9.97 Å². The number of imidazole rings is 1. The predicted molar refractivity (Wildman–Crippen MR) is 93.4 cm³/mol. The molecule has 1 aliphatic carbocycles. The lowest BCUT2D eigenvalue weighted by atomic mass is 10.2. The number of anilines is 1. The van der Waals surface area contributed by atoms with Gasteiger partial charge in [0.05, 0.1) is 12.4 Å². The Balaban J connectivity index is 1.71. The van der Waals surface area contributed by atoms with Crippen molar-refractivity contribution in [2.75, 3.05) is 18.1 Å². The van der Waals surface area contributed by atoms with Crippen LogP contribution in [0.3, 0.4) is 0 Å². The topological polar surface area (TPSA) is 89.9 Å². The number of nitrogens with two attached hydrogens (primary N) is 1. The lowest BCUT2D eigenvalue weighted by Crippen LogP contribution is -2.05. The number of hydrogen-bond acceptors (Lipinski definition) is 6. The Morgan fingerprint density at radius 3 is 2.91 bits per heavy atom. The molecule has 1 atom stereocenters. The van der Waals surface area contributed by atoms with Crippen LogP contribution in [0.5, 0.6) is 0 Å². The summed E-state index contributed by atoms with van der Waals surface area (Å²) in [5.74, 6) is 1.29. The molecule has 2 heterocycles. The molecular weight excluding hydrogens is 310 g/mol. The van der Waals surface area contributed by atoms with Gasteiger partial charge in [0.15, 0.2) is 5.65 Å². The third-order valence-electron chi connectivity index (χ3n) is 4.04. The molecule has 0 saturated heterocycles. The molecule has 1 unspecified atom stereocenters. The van der Waals surface area contributed by atoms with E-state index in [9.17, 15) is 0 Å². The Kier molecular flexibility index (Phi) is 5.51. The molecule has 0 radical (unpaired) electrons. The SMILES string of the molecule is Nc1nc(SCCCCCCO)c2ncn(C3C=CCC3)c2n1. The van der Waals surface area contributed by atoms with Gasteiger partial charge < -0.3 is 15.4 Å². The van der Waals surface area contributed by atoms with Crippen molar-refractivity contribution < 1.29 is 5.11 Å². The first-order valence-electron chi connectivity index (χ1n) is 8.20. The monoisotopic (exact) mass is 333 g/mol. The Morgan fingerprint density at radius 2 is 2.13 bits per heavy atom. The first-order chi connectivity index (χ1) is 11.3. The van der Waals surface area contributed by atoms with E-state index in [1.807, 2.05) is 6.33 Å². The lowest BCUT2D eigenvalue weighted by Gasteiger charge is -2.10. The van der Waals surface area contributed by atoms with Gasteiger partial charge in [-0.2, -0.15) is 4.98 Å². The van der Waals surface area contributed by atoms with E-state index in [0.717, 1.165) is 60.5 Å². The molecule has 0 aliphatic heterocycles. The second-order valence-electron chi connectivity index (χ2n) is 5.77. The summed E-state index contributed by atoms with van der Waals surface area (Å²) in [6.45, 7) is 0.281. The normalized spacial score (nSPS) is 17.3. The minimum Gasteiger partial charge on any atom is -0.396 e. The van der Waals surface area contributed by atoms with Crippen molar-refractivity contribution in [2.24, 2.45) is 0 Å². The van der Waals surface area contributed by atoms with Crippen LogP contribution in [0, 0.1) is 0 Å². The molecule has 3 rings (SSSR count). The van der Waals surface area contributed by atoms with Gasteiger partial charge in [0.2, 0.25) is 5.95 Å². The van der Waals surface area contributed by atoms with E-state index in [0.29, 0.717) is 12.0 Å². The fraction of sp³-hybridized carbons (Fsp3) is 0.562. The molecule has 0 fully saturated rings. The van der Waals surface area contributed by atoms with Crippen molar-refractivity contribution in [3.63, 3.8) is 0 Å². The van der Waals surface area contributed by atoms with E-state index in [1.165, 1.54) is 0 Å². The Bertz CT molecular complexity index is 684. The van der Waals surface area contributed by atoms with E-state index in [4.69, 9.17) is 10.8 Å². The van der Waals surface area contributed by atoms with Crippen LogP contribution in [0.1, 0.15) is 44.6 Å². The molecule has 1 aliphatic rings. The molecule has 7 heteroatoms. The second kappa shape index (κ2) is 7.79. The van der Waals surface area contributed by atoms with Crippen molar-refractivity contribution in [1.82, 2.24) is 19.5 Å². The summed E-state index contributed by atoms with van der Waals surface area (Å²) in [6.07, 6.45) is 12.6. The van der Waals surface area contributed by atoms with Gasteiger partial charge in [0, 0.05) is 6.61 Å². The maximum Gasteiger partial charge on any atom is 0.223 e. The van der Waals surface area contributed by atoms with Gasteiger partial charge in [-0.3, -0.25) is 0 Å². The zero-order valence-electron chi connectivity index (χ0n) is 13.2. The quantitative estimate of drug-likeness (QED) is 0.334. The van der Waals surface area contributed by atoms with Crippen LogP contribution in [0.4, 0.5) is 5.95 Å². The number of aliphatic hydroxyl groups excluding tert-OH is 1. The third kappa shape index (κ3) is 3.84. The van der Waals surface area contributed by atoms with Crippen molar-refractivity contribution in [2.45, 2.75) is 49.6 Å². The molecule has 0 aromatic carbocycles. The highest BCUT2D eigenvalue weighted by molar-refractivity contribution is 7.99. The van der Waals surface area contributed by atoms with Gasteiger partial charge in [0.1, 0.15) is 10.5 Å². The molecule has 0 saturated carbocycles. The van der Waals surface area contributed by atoms with E-state index in [-0.39, 0.29) is 6.61 Å². The summed E-state index contributed by atoms with van der Waals surface area (Å²) < 4.78 is 2.10. The Hall–Kier alpha value is -1.60. The number of hydrogen-bond donors (Lipinski definition) is 2. The molecule has 0 bridgehead atoms. The molecule has 23 heavy (non-hydrogen) atoms. The molecule has 0 spiro atoms. The Morgan fingerprint density at radius 1 is 1.26 bits per heavy atom. The minimum atomic E-state index is 0.281. The lowest BCUT2D eigenvalue weighted by molar-refractivity contribution is 0.283. The molecule has 2 aromatic heterocycles. The van der Waals surface area contributed by atoms with Crippen LogP contribution in [-0.4, -0.2) is 37.0 Å². The fourth-order valence-corrected chi connectivity index (χ4v) is 3.82.